The van der Waals surface area contributed by atoms with E-state index in [4.69, 9.17) is 0 Å². The van der Waals surface area contributed by atoms with Crippen molar-refractivity contribution in [1.82, 2.24) is 10.2 Å². The van der Waals surface area contributed by atoms with Gasteiger partial charge < -0.3 is 5.32 Å². The molecule has 1 saturated heterocycles. The molecule has 0 radical (unpaired) electrons. The van der Waals surface area contributed by atoms with E-state index in [1.54, 1.807) is 0 Å². The van der Waals surface area contributed by atoms with Gasteiger partial charge in [-0.3, -0.25) is 4.90 Å². The Hall–Kier alpha value is -0.860. The van der Waals surface area contributed by atoms with E-state index in [2.05, 4.69) is 55.4 Å². The van der Waals surface area contributed by atoms with Gasteiger partial charge in [-0.1, -0.05) is 44.5 Å². The lowest BCUT2D eigenvalue weighted by molar-refractivity contribution is 0.0860. The van der Waals surface area contributed by atoms with Gasteiger partial charge in [-0.15, -0.1) is 0 Å². The molecule has 0 aromatic heterocycles. The monoisotopic (exact) mass is 288 g/mol. The standard InChI is InChI=1S/C19H32N2/c1-4-16-9-11-17(12-10-16)19(5-2)21-15-7-6-8-18(21)13-14-20-3/h9-12,18-20H,4-8,13-15H2,1-3H3. The average Bonchev–Trinajstić information content (AvgIpc) is 2.55. The average molecular weight is 288 g/mol. The third-order valence-corrected chi connectivity index (χ3v) is 4.96. The molecule has 2 unspecified atom stereocenters. The normalized spacial score (nSPS) is 21.4. The van der Waals surface area contributed by atoms with E-state index in [1.165, 1.54) is 49.8 Å². The van der Waals surface area contributed by atoms with E-state index in [9.17, 15) is 0 Å². The van der Waals surface area contributed by atoms with E-state index >= 15 is 0 Å². The summed E-state index contributed by atoms with van der Waals surface area (Å²) >= 11 is 0. The van der Waals surface area contributed by atoms with E-state index in [-0.39, 0.29) is 0 Å². The van der Waals surface area contributed by atoms with Crippen molar-refractivity contribution in [3.63, 3.8) is 0 Å². The van der Waals surface area contributed by atoms with Crippen LogP contribution in [0.2, 0.25) is 0 Å². The second-order valence-corrected chi connectivity index (χ2v) is 6.30. The molecular weight excluding hydrogens is 256 g/mol. The van der Waals surface area contributed by atoms with Crippen molar-refractivity contribution in [1.29, 1.82) is 0 Å². The van der Waals surface area contributed by atoms with E-state index in [1.807, 2.05) is 0 Å². The first-order valence-electron chi connectivity index (χ1n) is 8.79. The SMILES string of the molecule is CCc1ccc(C(CC)N2CCCCC2CCNC)cc1. The van der Waals surface area contributed by atoms with Crippen molar-refractivity contribution in [2.45, 2.75) is 64.5 Å². The summed E-state index contributed by atoms with van der Waals surface area (Å²) in [4.78, 5) is 2.78. The predicted octanol–water partition coefficient (Wildman–Crippen LogP) is 4.16. The Morgan fingerprint density at radius 3 is 2.57 bits per heavy atom. The summed E-state index contributed by atoms with van der Waals surface area (Å²) in [6, 6.07) is 10.7. The second kappa shape index (κ2) is 8.55. The first kappa shape index (κ1) is 16.5. The van der Waals surface area contributed by atoms with Gasteiger partial charge in [0.1, 0.15) is 0 Å². The molecule has 0 aliphatic carbocycles. The number of hydrogen-bond donors (Lipinski definition) is 1. The van der Waals surface area contributed by atoms with Crippen molar-refractivity contribution in [3.8, 4) is 0 Å². The van der Waals surface area contributed by atoms with Crippen molar-refractivity contribution in [3.05, 3.63) is 35.4 Å². The van der Waals surface area contributed by atoms with Crippen molar-refractivity contribution >= 4 is 0 Å². The van der Waals surface area contributed by atoms with Gasteiger partial charge in [-0.05, 0) is 63.4 Å². The fourth-order valence-electron chi connectivity index (χ4n) is 3.69. The third kappa shape index (κ3) is 4.31. The zero-order chi connectivity index (χ0) is 15.1. The van der Waals surface area contributed by atoms with Crippen LogP contribution in [0.15, 0.2) is 24.3 Å². The summed E-state index contributed by atoms with van der Waals surface area (Å²) in [5.41, 5.74) is 2.95. The Bertz CT molecular complexity index is 399. The van der Waals surface area contributed by atoms with E-state index in [0.29, 0.717) is 6.04 Å². The molecule has 2 atom stereocenters. The smallest absolute Gasteiger partial charge is 0.0348 e. The highest BCUT2D eigenvalue weighted by Gasteiger charge is 2.28. The number of nitrogens with one attached hydrogen (secondary N) is 1. The lowest BCUT2D eigenvalue weighted by Gasteiger charge is -2.41. The zero-order valence-electron chi connectivity index (χ0n) is 14.1. The number of likely N-dealkylation sites (tertiary alicyclic amines) is 1. The molecule has 1 aliphatic rings. The second-order valence-electron chi connectivity index (χ2n) is 6.30. The Kier molecular flexibility index (Phi) is 6.72. The molecule has 0 spiro atoms. The largest absolute Gasteiger partial charge is 0.320 e. The van der Waals surface area contributed by atoms with Crippen LogP contribution in [0.1, 0.15) is 63.1 Å². The van der Waals surface area contributed by atoms with Crippen molar-refractivity contribution in [2.75, 3.05) is 20.1 Å². The van der Waals surface area contributed by atoms with E-state index in [0.717, 1.165) is 19.0 Å². The first-order valence-corrected chi connectivity index (χ1v) is 8.79. The molecule has 0 saturated carbocycles. The highest BCUT2D eigenvalue weighted by atomic mass is 15.2. The molecule has 21 heavy (non-hydrogen) atoms. The molecule has 1 heterocycles. The third-order valence-electron chi connectivity index (χ3n) is 4.96. The summed E-state index contributed by atoms with van der Waals surface area (Å²) in [5, 5.41) is 3.32. The highest BCUT2D eigenvalue weighted by molar-refractivity contribution is 5.25. The lowest BCUT2D eigenvalue weighted by Crippen LogP contribution is -2.43. The van der Waals surface area contributed by atoms with Crippen molar-refractivity contribution in [2.24, 2.45) is 0 Å². The molecule has 2 nitrogen and oxygen atoms in total. The van der Waals surface area contributed by atoms with Gasteiger partial charge >= 0.3 is 0 Å². The van der Waals surface area contributed by atoms with Crippen LogP contribution in [0.5, 0.6) is 0 Å². The topological polar surface area (TPSA) is 15.3 Å². The van der Waals surface area contributed by atoms with Crippen LogP contribution in [0, 0.1) is 0 Å². The van der Waals surface area contributed by atoms with E-state index < -0.39 is 0 Å². The molecule has 1 aromatic carbocycles. The van der Waals surface area contributed by atoms with Gasteiger partial charge in [-0.25, -0.2) is 0 Å². The predicted molar refractivity (Wildman–Crippen MR) is 91.7 cm³/mol. The number of benzene rings is 1. The van der Waals surface area contributed by atoms with Gasteiger partial charge in [0.25, 0.3) is 0 Å². The van der Waals surface area contributed by atoms with Crippen LogP contribution >= 0.6 is 0 Å². The summed E-state index contributed by atoms with van der Waals surface area (Å²) in [6.07, 6.45) is 7.74. The summed E-state index contributed by atoms with van der Waals surface area (Å²) < 4.78 is 0. The molecule has 1 aliphatic heterocycles. The zero-order valence-corrected chi connectivity index (χ0v) is 14.1. The first-order chi connectivity index (χ1) is 10.3. The lowest BCUT2D eigenvalue weighted by atomic mass is 9.92. The molecule has 0 amide bonds. The van der Waals surface area contributed by atoms with Crippen LogP contribution in [0.25, 0.3) is 0 Å². The summed E-state index contributed by atoms with van der Waals surface area (Å²) in [7, 11) is 2.06. The molecule has 1 fully saturated rings. The van der Waals surface area contributed by atoms with Crippen LogP contribution in [0.3, 0.4) is 0 Å². The number of piperidine rings is 1. The summed E-state index contributed by atoms with van der Waals surface area (Å²) in [5.74, 6) is 0. The number of aryl methyl sites for hydroxylation is 1. The minimum atomic E-state index is 0.595. The maximum absolute atomic E-state index is 3.32. The van der Waals surface area contributed by atoms with Gasteiger partial charge in [0.2, 0.25) is 0 Å². The van der Waals surface area contributed by atoms with Crippen molar-refractivity contribution < 1.29 is 0 Å². The quantitative estimate of drug-likeness (QED) is 0.810. The number of nitrogens with zero attached hydrogens (tertiary/aromatic N) is 1. The van der Waals surface area contributed by atoms with Gasteiger partial charge in [-0.2, -0.15) is 0 Å². The molecule has 0 bridgehead atoms. The minimum Gasteiger partial charge on any atom is -0.320 e. The van der Waals surface area contributed by atoms with Gasteiger partial charge in [0.05, 0.1) is 0 Å². The number of rotatable bonds is 7. The van der Waals surface area contributed by atoms with Gasteiger partial charge in [0, 0.05) is 12.1 Å². The molecule has 2 rings (SSSR count). The Balaban J connectivity index is 2.12. The fourth-order valence-corrected chi connectivity index (χ4v) is 3.69. The van der Waals surface area contributed by atoms with Crippen LogP contribution in [0.4, 0.5) is 0 Å². The Morgan fingerprint density at radius 1 is 1.19 bits per heavy atom. The highest BCUT2D eigenvalue weighted by Crippen LogP contribution is 2.32. The molecule has 2 heteroatoms. The van der Waals surface area contributed by atoms with Gasteiger partial charge in [0.15, 0.2) is 0 Å². The van der Waals surface area contributed by atoms with Crippen LogP contribution in [-0.2, 0) is 6.42 Å². The van der Waals surface area contributed by atoms with Crippen LogP contribution in [-0.4, -0.2) is 31.1 Å². The maximum atomic E-state index is 3.32. The number of hydrogen-bond acceptors (Lipinski definition) is 2. The molecule has 1 aromatic rings. The Morgan fingerprint density at radius 2 is 1.95 bits per heavy atom. The molecular formula is C19H32N2. The maximum Gasteiger partial charge on any atom is 0.0348 e. The summed E-state index contributed by atoms with van der Waals surface area (Å²) in [6.45, 7) is 6.96. The minimum absolute atomic E-state index is 0.595. The Labute approximate surface area is 130 Å². The fraction of sp³-hybridized carbons (Fsp3) is 0.684. The van der Waals surface area contributed by atoms with Crippen LogP contribution < -0.4 is 5.32 Å². The molecule has 1 N–H and O–H groups in total. The molecule has 118 valence electrons.